The van der Waals surface area contributed by atoms with Gasteiger partial charge in [0.05, 0.1) is 24.7 Å². The summed E-state index contributed by atoms with van der Waals surface area (Å²) in [4.78, 5) is 43.9. The number of nitrogens with one attached hydrogen (secondary N) is 2. The van der Waals surface area contributed by atoms with E-state index in [9.17, 15) is 14.9 Å². The molecule has 2 aromatic heterocycles. The zero-order chi connectivity index (χ0) is 26.9. The van der Waals surface area contributed by atoms with Crippen LogP contribution in [0.5, 0.6) is 5.75 Å². The zero-order valence-corrected chi connectivity index (χ0v) is 22.2. The molecule has 0 radical (unpaired) electrons. The molecular formula is C27H33N7O3. The molecule has 1 amide bonds. The Morgan fingerprint density at radius 1 is 1.27 bits per heavy atom. The maximum atomic E-state index is 13.1. The predicted octanol–water partition coefficient (Wildman–Crippen LogP) is 4.20. The molecule has 1 fully saturated rings. The van der Waals surface area contributed by atoms with Gasteiger partial charge in [-0.1, -0.05) is 20.3 Å². The number of hydrogen-bond acceptors (Lipinski definition) is 8. The standard InChI is InChI=1S/C27H33N7O3/c1-7-9-17-10-18-11-20(23(35)32-21(18)12-22(17)37-6)15(3)29-25-30-16(4)31-26(33-25)34-19(8-2)13-27(5,14-28)24(34)36/h10-12,15,19H,7-9,13H2,1-6H3,(H,32,35)(H,29,30,31,33)/t15-,19-,27+/m0/s1. The van der Waals surface area contributed by atoms with E-state index in [-0.39, 0.29) is 29.4 Å². The quantitative estimate of drug-likeness (QED) is 0.467. The third kappa shape index (κ3) is 4.86. The number of anilines is 2. The number of methoxy groups -OCH3 is 1. The number of rotatable bonds is 8. The highest BCUT2D eigenvalue weighted by Gasteiger charge is 2.50. The van der Waals surface area contributed by atoms with Crippen LogP contribution < -0.4 is 20.5 Å². The van der Waals surface area contributed by atoms with Crippen LogP contribution in [0.3, 0.4) is 0 Å². The fourth-order valence-electron chi connectivity index (χ4n) is 4.94. The Labute approximate surface area is 216 Å². The number of hydrogen-bond donors (Lipinski definition) is 2. The van der Waals surface area contributed by atoms with Crippen molar-refractivity contribution in [2.75, 3.05) is 17.3 Å². The Morgan fingerprint density at radius 2 is 2.03 bits per heavy atom. The number of carbonyl (C=O) groups excluding carboxylic acids is 1. The van der Waals surface area contributed by atoms with E-state index in [1.807, 2.05) is 32.0 Å². The predicted molar refractivity (Wildman–Crippen MR) is 142 cm³/mol. The highest BCUT2D eigenvalue weighted by Crippen LogP contribution is 2.38. The van der Waals surface area contributed by atoms with Crippen molar-refractivity contribution >= 4 is 28.7 Å². The Morgan fingerprint density at radius 3 is 2.68 bits per heavy atom. The van der Waals surface area contributed by atoms with Crippen LogP contribution in [0.4, 0.5) is 11.9 Å². The molecule has 1 saturated heterocycles. The van der Waals surface area contributed by atoms with Crippen LogP contribution in [-0.2, 0) is 11.2 Å². The van der Waals surface area contributed by atoms with Gasteiger partial charge >= 0.3 is 0 Å². The number of fused-ring (bicyclic) bond motifs is 1. The summed E-state index contributed by atoms with van der Waals surface area (Å²) in [7, 11) is 1.63. The molecule has 0 aliphatic carbocycles. The number of aromatic nitrogens is 4. The Hall–Kier alpha value is -4.00. The third-order valence-electron chi connectivity index (χ3n) is 6.97. The lowest BCUT2D eigenvalue weighted by molar-refractivity contribution is -0.122. The average molecular weight is 504 g/mol. The first-order valence-corrected chi connectivity index (χ1v) is 12.6. The Balaban J connectivity index is 1.67. The van der Waals surface area contributed by atoms with Gasteiger partial charge in [-0.3, -0.25) is 14.5 Å². The van der Waals surface area contributed by atoms with Crippen molar-refractivity contribution < 1.29 is 9.53 Å². The second kappa shape index (κ2) is 10.2. The maximum absolute atomic E-state index is 13.1. The molecule has 0 bridgehead atoms. The van der Waals surface area contributed by atoms with E-state index in [0.29, 0.717) is 29.7 Å². The number of H-pyrrole nitrogens is 1. The molecular weight excluding hydrogens is 470 g/mol. The number of nitriles is 1. The van der Waals surface area contributed by atoms with Crippen LogP contribution in [0.2, 0.25) is 0 Å². The Bertz CT molecular complexity index is 1440. The number of carbonyl (C=O) groups is 1. The Kier molecular flexibility index (Phi) is 7.16. The van der Waals surface area contributed by atoms with Crippen molar-refractivity contribution in [2.24, 2.45) is 5.41 Å². The van der Waals surface area contributed by atoms with Gasteiger partial charge in [0, 0.05) is 17.7 Å². The molecule has 194 valence electrons. The maximum Gasteiger partial charge on any atom is 0.253 e. The summed E-state index contributed by atoms with van der Waals surface area (Å²) in [6.07, 6.45) is 2.93. The number of benzene rings is 1. The van der Waals surface area contributed by atoms with Crippen molar-refractivity contribution in [3.63, 3.8) is 0 Å². The van der Waals surface area contributed by atoms with E-state index in [2.05, 4.69) is 38.2 Å². The first-order valence-electron chi connectivity index (χ1n) is 12.6. The summed E-state index contributed by atoms with van der Waals surface area (Å²) in [6.45, 7) is 9.31. The van der Waals surface area contributed by atoms with Gasteiger partial charge in [0.2, 0.25) is 17.8 Å². The van der Waals surface area contributed by atoms with E-state index in [4.69, 9.17) is 4.74 Å². The molecule has 10 heteroatoms. The molecule has 2 N–H and O–H groups in total. The monoisotopic (exact) mass is 503 g/mol. The number of aromatic amines is 1. The molecule has 0 unspecified atom stereocenters. The number of ether oxygens (including phenoxy) is 1. The van der Waals surface area contributed by atoms with Crippen molar-refractivity contribution in [1.82, 2.24) is 19.9 Å². The SMILES string of the molecule is CCCc1cc2cc([C@H](C)Nc3nc(C)nc(N4C(=O)[C@@](C)(C#N)C[C@@H]4CC)n3)c(=O)[nH]c2cc1OC. The second-order valence-corrected chi connectivity index (χ2v) is 9.81. The normalized spacial score (nSPS) is 20.2. The molecule has 3 heterocycles. The van der Waals surface area contributed by atoms with Crippen LogP contribution in [0.25, 0.3) is 10.9 Å². The van der Waals surface area contributed by atoms with E-state index in [1.165, 1.54) is 4.90 Å². The summed E-state index contributed by atoms with van der Waals surface area (Å²) in [5, 5.41) is 13.7. The zero-order valence-electron chi connectivity index (χ0n) is 22.2. The van der Waals surface area contributed by atoms with E-state index >= 15 is 0 Å². The van der Waals surface area contributed by atoms with Gasteiger partial charge in [-0.15, -0.1) is 0 Å². The highest BCUT2D eigenvalue weighted by molar-refractivity contribution is 6.01. The second-order valence-electron chi connectivity index (χ2n) is 9.81. The van der Waals surface area contributed by atoms with Gasteiger partial charge in [-0.05, 0) is 63.1 Å². The first kappa shape index (κ1) is 26.1. The lowest BCUT2D eigenvalue weighted by Gasteiger charge is -2.23. The lowest BCUT2D eigenvalue weighted by Crippen LogP contribution is -2.37. The molecule has 10 nitrogen and oxygen atoms in total. The van der Waals surface area contributed by atoms with Gasteiger partial charge in [-0.25, -0.2) is 0 Å². The molecule has 3 atom stereocenters. The van der Waals surface area contributed by atoms with Gasteiger partial charge in [0.15, 0.2) is 0 Å². The van der Waals surface area contributed by atoms with Crippen LogP contribution >= 0.6 is 0 Å². The third-order valence-corrected chi connectivity index (χ3v) is 6.97. The van der Waals surface area contributed by atoms with Crippen LogP contribution in [0, 0.1) is 23.7 Å². The molecule has 0 spiro atoms. The largest absolute Gasteiger partial charge is 0.496 e. The minimum Gasteiger partial charge on any atom is -0.496 e. The number of amides is 1. The van der Waals surface area contributed by atoms with Crippen molar-refractivity contribution in [2.45, 2.75) is 72.4 Å². The van der Waals surface area contributed by atoms with Gasteiger partial charge < -0.3 is 15.0 Å². The summed E-state index contributed by atoms with van der Waals surface area (Å²) in [5.74, 6) is 1.34. The lowest BCUT2D eigenvalue weighted by atomic mass is 9.88. The van der Waals surface area contributed by atoms with Crippen molar-refractivity contribution in [1.29, 1.82) is 5.26 Å². The molecule has 1 aliphatic heterocycles. The van der Waals surface area contributed by atoms with Gasteiger partial charge in [0.1, 0.15) is 17.0 Å². The number of nitrogens with zero attached hydrogens (tertiary/aromatic N) is 5. The van der Waals surface area contributed by atoms with Crippen LogP contribution in [0.1, 0.15) is 70.0 Å². The number of pyridine rings is 1. The van der Waals surface area contributed by atoms with Crippen molar-refractivity contribution in [3.8, 4) is 11.8 Å². The minimum absolute atomic E-state index is 0.179. The summed E-state index contributed by atoms with van der Waals surface area (Å²) >= 11 is 0. The first-order chi connectivity index (χ1) is 17.6. The molecule has 3 aromatic rings. The summed E-state index contributed by atoms with van der Waals surface area (Å²) in [5.41, 5.74) is 0.975. The topological polar surface area (TPSA) is 137 Å². The average Bonchev–Trinajstić information content (AvgIpc) is 3.13. The van der Waals surface area contributed by atoms with E-state index in [1.54, 1.807) is 21.0 Å². The van der Waals surface area contributed by atoms with Gasteiger partial charge in [0.25, 0.3) is 5.56 Å². The smallest absolute Gasteiger partial charge is 0.253 e. The van der Waals surface area contributed by atoms with Crippen molar-refractivity contribution in [3.05, 3.63) is 45.5 Å². The fraction of sp³-hybridized carbons (Fsp3) is 0.481. The van der Waals surface area contributed by atoms with E-state index < -0.39 is 11.5 Å². The molecule has 1 aliphatic rings. The summed E-state index contributed by atoms with van der Waals surface area (Å²) in [6, 6.07) is 7.32. The summed E-state index contributed by atoms with van der Waals surface area (Å²) < 4.78 is 5.51. The van der Waals surface area contributed by atoms with Crippen LogP contribution in [0.15, 0.2) is 23.0 Å². The highest BCUT2D eigenvalue weighted by atomic mass is 16.5. The minimum atomic E-state index is -1.11. The van der Waals surface area contributed by atoms with E-state index in [0.717, 1.165) is 29.5 Å². The molecule has 1 aromatic carbocycles. The molecule has 0 saturated carbocycles. The molecule has 37 heavy (non-hydrogen) atoms. The molecule has 4 rings (SSSR count). The number of aryl methyl sites for hydroxylation is 2. The van der Waals surface area contributed by atoms with Gasteiger partial charge in [-0.2, -0.15) is 20.2 Å². The van der Waals surface area contributed by atoms with Crippen LogP contribution in [-0.4, -0.2) is 39.0 Å². The fourth-order valence-corrected chi connectivity index (χ4v) is 4.94.